The minimum absolute atomic E-state index is 0.0290. The van der Waals surface area contributed by atoms with Crippen LogP contribution < -0.4 is 14.5 Å². The Morgan fingerprint density at radius 3 is 2.51 bits per heavy atom. The molecule has 1 amide bonds. The van der Waals surface area contributed by atoms with Crippen LogP contribution in [0.3, 0.4) is 0 Å². The molecule has 2 unspecified atom stereocenters. The van der Waals surface area contributed by atoms with Gasteiger partial charge in [-0.1, -0.05) is 30.3 Å². The summed E-state index contributed by atoms with van der Waals surface area (Å²) >= 11 is 0. The fourth-order valence-corrected chi connectivity index (χ4v) is 7.41. The molecule has 2 saturated heterocycles. The van der Waals surface area contributed by atoms with E-state index in [1.807, 2.05) is 52.9 Å². The zero-order chi connectivity index (χ0) is 27.0. The van der Waals surface area contributed by atoms with Crippen molar-refractivity contribution in [3.63, 3.8) is 0 Å². The highest BCUT2D eigenvalue weighted by Gasteiger charge is 2.33. The molecule has 3 aromatic rings. The highest BCUT2D eigenvalue weighted by molar-refractivity contribution is 7.89. The SMILES string of the molecule is CN1CCCS(=O)(=O)NC(c2ccccc2)CC(=O)N2CCCCC2c2cc3nc(N4CCCC4)cc1n3n2. The quantitative estimate of drug-likeness (QED) is 0.521. The topological polar surface area (TPSA) is 103 Å². The van der Waals surface area contributed by atoms with Crippen molar-refractivity contribution < 1.29 is 13.2 Å². The Morgan fingerprint density at radius 1 is 0.949 bits per heavy atom. The van der Waals surface area contributed by atoms with Crippen molar-refractivity contribution in [3.8, 4) is 0 Å². The number of aromatic nitrogens is 3. The molecule has 2 aromatic heterocycles. The van der Waals surface area contributed by atoms with Crippen LogP contribution >= 0.6 is 0 Å². The van der Waals surface area contributed by atoms with Crippen molar-refractivity contribution in [2.45, 2.75) is 57.0 Å². The lowest BCUT2D eigenvalue weighted by atomic mass is 9.97. The van der Waals surface area contributed by atoms with Crippen LogP contribution in [0.5, 0.6) is 0 Å². The molecule has 0 spiro atoms. The maximum absolute atomic E-state index is 13.8. The number of hydrogen-bond donors (Lipinski definition) is 1. The molecule has 39 heavy (non-hydrogen) atoms. The first kappa shape index (κ1) is 26.1. The molecule has 0 saturated carbocycles. The average molecular weight is 552 g/mol. The number of fused-ring (bicyclic) bond motifs is 3. The van der Waals surface area contributed by atoms with Crippen LogP contribution in [0.15, 0.2) is 42.5 Å². The summed E-state index contributed by atoms with van der Waals surface area (Å²) in [6.45, 7) is 3.12. The second-order valence-electron chi connectivity index (χ2n) is 11.0. The number of amides is 1. The normalized spacial score (nSPS) is 24.5. The Kier molecular flexibility index (Phi) is 7.20. The Bertz CT molecular complexity index is 1440. The lowest BCUT2D eigenvalue weighted by molar-refractivity contribution is -0.135. The Labute approximate surface area is 230 Å². The predicted octanol–water partition coefficient (Wildman–Crippen LogP) is 3.27. The predicted molar refractivity (Wildman–Crippen MR) is 151 cm³/mol. The maximum Gasteiger partial charge on any atom is 0.225 e. The van der Waals surface area contributed by atoms with Crippen LogP contribution in [-0.4, -0.2) is 72.8 Å². The van der Waals surface area contributed by atoms with Crippen molar-refractivity contribution >= 4 is 33.2 Å². The Morgan fingerprint density at radius 2 is 1.72 bits per heavy atom. The largest absolute Gasteiger partial charge is 0.359 e. The van der Waals surface area contributed by atoms with Gasteiger partial charge in [0, 0.05) is 51.8 Å². The van der Waals surface area contributed by atoms with Gasteiger partial charge in [0.25, 0.3) is 0 Å². The number of sulfonamides is 1. The summed E-state index contributed by atoms with van der Waals surface area (Å²) < 4.78 is 31.2. The van der Waals surface area contributed by atoms with E-state index >= 15 is 0 Å². The van der Waals surface area contributed by atoms with E-state index < -0.39 is 16.1 Å². The van der Waals surface area contributed by atoms with Gasteiger partial charge in [-0.15, -0.1) is 0 Å². The minimum atomic E-state index is -3.62. The maximum atomic E-state index is 13.8. The summed E-state index contributed by atoms with van der Waals surface area (Å²) in [6.07, 6.45) is 5.55. The van der Waals surface area contributed by atoms with Crippen molar-refractivity contribution in [1.29, 1.82) is 0 Å². The van der Waals surface area contributed by atoms with Crippen molar-refractivity contribution in [3.05, 3.63) is 53.7 Å². The number of carbonyl (C=O) groups excluding carboxylic acids is 1. The van der Waals surface area contributed by atoms with Gasteiger partial charge in [0.2, 0.25) is 15.9 Å². The molecular weight excluding hydrogens is 514 g/mol. The number of benzene rings is 1. The Hall–Kier alpha value is -3.18. The smallest absolute Gasteiger partial charge is 0.225 e. The second kappa shape index (κ2) is 10.8. The van der Waals surface area contributed by atoms with Crippen LogP contribution in [0, 0.1) is 0 Å². The number of hydrogen-bond acceptors (Lipinski definition) is 7. The molecule has 2 bridgehead atoms. The van der Waals surface area contributed by atoms with E-state index in [4.69, 9.17) is 10.1 Å². The average Bonchev–Trinajstić information content (AvgIpc) is 3.62. The first-order valence-corrected chi connectivity index (χ1v) is 15.7. The Balaban J connectivity index is 1.42. The van der Waals surface area contributed by atoms with E-state index in [2.05, 4.69) is 20.6 Å². The number of carbonyl (C=O) groups is 1. The summed E-state index contributed by atoms with van der Waals surface area (Å²) in [6, 6.07) is 12.7. The van der Waals surface area contributed by atoms with E-state index in [1.165, 1.54) is 0 Å². The lowest BCUT2D eigenvalue weighted by Crippen LogP contribution is -2.41. The second-order valence-corrected chi connectivity index (χ2v) is 12.9. The van der Waals surface area contributed by atoms with Crippen molar-refractivity contribution in [2.24, 2.45) is 0 Å². The molecule has 6 rings (SSSR count). The molecule has 2 fully saturated rings. The van der Waals surface area contributed by atoms with E-state index in [0.29, 0.717) is 19.5 Å². The van der Waals surface area contributed by atoms with Crippen LogP contribution in [0.4, 0.5) is 11.6 Å². The van der Waals surface area contributed by atoms with E-state index in [1.54, 1.807) is 0 Å². The van der Waals surface area contributed by atoms with Gasteiger partial charge in [-0.25, -0.2) is 18.1 Å². The van der Waals surface area contributed by atoms with Gasteiger partial charge in [-0.05, 0) is 44.1 Å². The number of piperidine rings is 1. The highest BCUT2D eigenvalue weighted by atomic mass is 32.2. The van der Waals surface area contributed by atoms with Crippen molar-refractivity contribution in [1.82, 2.24) is 24.2 Å². The summed E-state index contributed by atoms with van der Waals surface area (Å²) in [5.41, 5.74) is 2.40. The molecule has 3 aliphatic heterocycles. The summed E-state index contributed by atoms with van der Waals surface area (Å²) in [5, 5.41) is 5.01. The number of nitrogens with one attached hydrogen (secondary N) is 1. The highest BCUT2D eigenvalue weighted by Crippen LogP contribution is 2.34. The van der Waals surface area contributed by atoms with Gasteiger partial charge in [-0.2, -0.15) is 9.61 Å². The first-order valence-electron chi connectivity index (χ1n) is 14.1. The van der Waals surface area contributed by atoms with E-state index in [9.17, 15) is 13.2 Å². The van der Waals surface area contributed by atoms with E-state index in [0.717, 1.165) is 73.7 Å². The number of nitrogens with zero attached hydrogens (tertiary/aromatic N) is 6. The zero-order valence-corrected chi connectivity index (χ0v) is 23.3. The molecular formula is C28H37N7O3S. The zero-order valence-electron chi connectivity index (χ0n) is 22.5. The summed E-state index contributed by atoms with van der Waals surface area (Å²) in [5.74, 6) is 1.71. The van der Waals surface area contributed by atoms with Crippen LogP contribution in [-0.2, 0) is 14.8 Å². The molecule has 208 valence electrons. The standard InChI is InChI=1S/C28H37N7O3S/c1-32-13-9-17-39(37,38)31-22(21-10-3-2-4-11-21)19-28(36)34-16-6-5-12-24(34)23-18-26-29-25(33-14-7-8-15-33)20-27(32)35(26)30-23/h2-4,10-11,18,20,22,24,31H,5-9,12-17,19H2,1H3. The molecule has 1 N–H and O–H groups in total. The molecule has 1 aromatic carbocycles. The van der Waals surface area contributed by atoms with Gasteiger partial charge in [-0.3, -0.25) is 4.79 Å². The fraction of sp³-hybridized carbons (Fsp3) is 0.536. The van der Waals surface area contributed by atoms with Crippen molar-refractivity contribution in [2.75, 3.05) is 48.8 Å². The summed E-state index contributed by atoms with van der Waals surface area (Å²) in [4.78, 5) is 25.1. The minimum Gasteiger partial charge on any atom is -0.359 e. The molecule has 5 heterocycles. The fourth-order valence-electron chi connectivity index (χ4n) is 6.13. The van der Waals surface area contributed by atoms with Gasteiger partial charge >= 0.3 is 0 Å². The molecule has 0 radical (unpaired) electrons. The van der Waals surface area contributed by atoms with Crippen LogP contribution in [0.2, 0.25) is 0 Å². The third-order valence-corrected chi connectivity index (χ3v) is 9.68. The molecule has 10 nitrogen and oxygen atoms in total. The van der Waals surface area contributed by atoms with Gasteiger partial charge in [0.15, 0.2) is 5.65 Å². The molecule has 0 aliphatic carbocycles. The number of rotatable bonds is 2. The molecule has 3 aliphatic rings. The third kappa shape index (κ3) is 5.47. The monoisotopic (exact) mass is 551 g/mol. The van der Waals surface area contributed by atoms with Gasteiger partial charge in [0.1, 0.15) is 11.6 Å². The van der Waals surface area contributed by atoms with Gasteiger partial charge < -0.3 is 14.7 Å². The van der Waals surface area contributed by atoms with Gasteiger partial charge in [0.05, 0.1) is 23.5 Å². The first-order chi connectivity index (χ1) is 18.9. The van der Waals surface area contributed by atoms with E-state index in [-0.39, 0.29) is 24.1 Å². The molecule has 2 atom stereocenters. The van der Waals surface area contributed by atoms with Crippen LogP contribution in [0.25, 0.3) is 5.65 Å². The lowest BCUT2D eigenvalue weighted by Gasteiger charge is -2.35. The summed E-state index contributed by atoms with van der Waals surface area (Å²) in [7, 11) is -1.64. The van der Waals surface area contributed by atoms with Crippen LogP contribution in [0.1, 0.15) is 68.3 Å². The third-order valence-electron chi connectivity index (χ3n) is 8.21. The number of anilines is 2. The molecule has 11 heteroatoms.